The van der Waals surface area contributed by atoms with Crippen molar-refractivity contribution in [2.45, 2.75) is 32.1 Å². The summed E-state index contributed by atoms with van der Waals surface area (Å²) in [6, 6.07) is 7.78. The van der Waals surface area contributed by atoms with Gasteiger partial charge in [0, 0.05) is 4.47 Å². The van der Waals surface area contributed by atoms with E-state index in [1.165, 1.54) is 32.1 Å². The van der Waals surface area contributed by atoms with Crippen molar-refractivity contribution in [2.24, 2.45) is 5.10 Å². The van der Waals surface area contributed by atoms with Gasteiger partial charge in [-0.2, -0.15) is 5.10 Å². The van der Waals surface area contributed by atoms with E-state index in [0.29, 0.717) is 6.54 Å². The number of hydrogen-bond donors (Lipinski definition) is 1. The van der Waals surface area contributed by atoms with Gasteiger partial charge in [-0.1, -0.05) is 47.3 Å². The van der Waals surface area contributed by atoms with Gasteiger partial charge in [-0.15, -0.1) is 0 Å². The van der Waals surface area contributed by atoms with E-state index >= 15 is 0 Å². The third kappa shape index (κ3) is 6.40. The van der Waals surface area contributed by atoms with Gasteiger partial charge >= 0.3 is 0 Å². The van der Waals surface area contributed by atoms with Gasteiger partial charge in [0.1, 0.15) is 0 Å². The maximum absolute atomic E-state index is 11.9. The molecular formula is C16H22BrN3O. The van der Waals surface area contributed by atoms with E-state index in [1.54, 1.807) is 6.21 Å². The number of carbonyl (C=O) groups is 1. The number of halogens is 1. The molecule has 1 aliphatic rings. The fourth-order valence-electron chi connectivity index (χ4n) is 2.44. The second-order valence-corrected chi connectivity index (χ2v) is 6.30. The highest BCUT2D eigenvalue weighted by Crippen LogP contribution is 2.10. The molecule has 1 aliphatic heterocycles. The van der Waals surface area contributed by atoms with E-state index in [4.69, 9.17) is 0 Å². The van der Waals surface area contributed by atoms with Gasteiger partial charge in [-0.05, 0) is 43.6 Å². The van der Waals surface area contributed by atoms with Crippen LogP contribution in [0.25, 0.3) is 0 Å². The Morgan fingerprint density at radius 2 is 1.76 bits per heavy atom. The number of rotatable bonds is 4. The lowest BCUT2D eigenvalue weighted by Gasteiger charge is -2.23. The van der Waals surface area contributed by atoms with Crippen LogP contribution in [0.1, 0.15) is 37.7 Å². The van der Waals surface area contributed by atoms with Crippen molar-refractivity contribution in [3.05, 3.63) is 34.3 Å². The molecule has 1 fully saturated rings. The Hall–Kier alpha value is -1.20. The predicted molar refractivity (Wildman–Crippen MR) is 89.4 cm³/mol. The van der Waals surface area contributed by atoms with Crippen LogP contribution in [0.2, 0.25) is 0 Å². The fraction of sp³-hybridized carbons (Fsp3) is 0.500. The van der Waals surface area contributed by atoms with Gasteiger partial charge < -0.3 is 0 Å². The molecule has 0 spiro atoms. The van der Waals surface area contributed by atoms with Crippen LogP contribution in [0.15, 0.2) is 33.8 Å². The quantitative estimate of drug-likeness (QED) is 0.668. The molecule has 0 radical (unpaired) electrons. The molecule has 1 amide bonds. The smallest absolute Gasteiger partial charge is 0.254 e. The van der Waals surface area contributed by atoms with E-state index in [2.05, 4.69) is 31.4 Å². The molecule has 21 heavy (non-hydrogen) atoms. The summed E-state index contributed by atoms with van der Waals surface area (Å²) < 4.78 is 1.03. The first kappa shape index (κ1) is 16.2. The standard InChI is InChI=1S/C16H22BrN3O/c17-15-8-6-14(7-9-15)12-18-19-16(21)13-20-10-4-2-1-3-5-11-20/h6-9,12H,1-5,10-11,13H2,(H,19,21)/b18-12+. The average Bonchev–Trinajstić information content (AvgIpc) is 2.44. The van der Waals surface area contributed by atoms with Gasteiger partial charge in [-0.3, -0.25) is 9.69 Å². The summed E-state index contributed by atoms with van der Waals surface area (Å²) in [5.41, 5.74) is 3.57. The molecule has 0 bridgehead atoms. The number of hydrazone groups is 1. The van der Waals surface area contributed by atoms with Crippen molar-refractivity contribution in [3.63, 3.8) is 0 Å². The number of hydrogen-bond acceptors (Lipinski definition) is 3. The average molecular weight is 352 g/mol. The molecule has 0 aromatic heterocycles. The Bertz CT molecular complexity index is 465. The Balaban J connectivity index is 1.74. The number of nitrogens with zero attached hydrogens (tertiary/aromatic N) is 2. The largest absolute Gasteiger partial charge is 0.294 e. The molecular weight excluding hydrogens is 330 g/mol. The van der Waals surface area contributed by atoms with Crippen molar-refractivity contribution in [3.8, 4) is 0 Å². The maximum Gasteiger partial charge on any atom is 0.254 e. The van der Waals surface area contributed by atoms with Gasteiger partial charge in [0.25, 0.3) is 5.91 Å². The lowest BCUT2D eigenvalue weighted by molar-refractivity contribution is -0.122. The summed E-state index contributed by atoms with van der Waals surface area (Å²) in [6.45, 7) is 2.48. The van der Waals surface area contributed by atoms with E-state index in [9.17, 15) is 4.79 Å². The number of benzene rings is 1. The van der Waals surface area contributed by atoms with Crippen molar-refractivity contribution < 1.29 is 4.79 Å². The summed E-state index contributed by atoms with van der Waals surface area (Å²) in [4.78, 5) is 14.1. The Morgan fingerprint density at radius 1 is 1.14 bits per heavy atom. The monoisotopic (exact) mass is 351 g/mol. The minimum Gasteiger partial charge on any atom is -0.294 e. The van der Waals surface area contributed by atoms with Gasteiger partial charge in [-0.25, -0.2) is 5.43 Å². The number of likely N-dealkylation sites (tertiary alicyclic amines) is 1. The van der Waals surface area contributed by atoms with Gasteiger partial charge in [0.05, 0.1) is 12.8 Å². The molecule has 1 aromatic rings. The van der Waals surface area contributed by atoms with Crippen molar-refractivity contribution >= 4 is 28.1 Å². The topological polar surface area (TPSA) is 44.7 Å². The minimum absolute atomic E-state index is 0.0380. The lowest BCUT2D eigenvalue weighted by Crippen LogP contribution is -2.37. The SMILES string of the molecule is O=C(CN1CCCCCCC1)N/N=C/c1ccc(Br)cc1. The molecule has 114 valence electrons. The normalized spacial score (nSPS) is 17.4. The molecule has 1 N–H and O–H groups in total. The summed E-state index contributed by atoms with van der Waals surface area (Å²) in [5, 5.41) is 4.01. The fourth-order valence-corrected chi connectivity index (χ4v) is 2.70. The number of carbonyl (C=O) groups excluding carboxylic acids is 1. The second kappa shape index (κ2) is 8.95. The van der Waals surface area contributed by atoms with E-state index < -0.39 is 0 Å². The van der Waals surface area contributed by atoms with Crippen LogP contribution in [0.3, 0.4) is 0 Å². The molecule has 4 nitrogen and oxygen atoms in total. The molecule has 0 atom stereocenters. The van der Waals surface area contributed by atoms with Crippen LogP contribution < -0.4 is 5.43 Å². The molecule has 5 heteroatoms. The maximum atomic E-state index is 11.9. The van der Waals surface area contributed by atoms with Crippen LogP contribution in [-0.2, 0) is 4.79 Å². The summed E-state index contributed by atoms with van der Waals surface area (Å²) in [7, 11) is 0. The molecule has 0 aliphatic carbocycles. The number of amides is 1. The third-order valence-electron chi connectivity index (χ3n) is 3.59. The van der Waals surface area contributed by atoms with Crippen LogP contribution in [-0.4, -0.2) is 36.7 Å². The van der Waals surface area contributed by atoms with E-state index in [0.717, 1.165) is 23.1 Å². The van der Waals surface area contributed by atoms with Gasteiger partial charge in [0.15, 0.2) is 0 Å². The molecule has 1 aromatic carbocycles. The van der Waals surface area contributed by atoms with Crippen LogP contribution in [0.5, 0.6) is 0 Å². The number of nitrogens with one attached hydrogen (secondary N) is 1. The Morgan fingerprint density at radius 3 is 2.43 bits per heavy atom. The predicted octanol–water partition coefficient (Wildman–Crippen LogP) is 3.17. The first-order valence-electron chi connectivity index (χ1n) is 7.54. The minimum atomic E-state index is -0.0380. The first-order valence-corrected chi connectivity index (χ1v) is 8.33. The highest BCUT2D eigenvalue weighted by Gasteiger charge is 2.11. The highest BCUT2D eigenvalue weighted by molar-refractivity contribution is 9.10. The van der Waals surface area contributed by atoms with Crippen LogP contribution in [0.4, 0.5) is 0 Å². The Labute approximate surface area is 134 Å². The summed E-state index contributed by atoms with van der Waals surface area (Å²) >= 11 is 3.38. The van der Waals surface area contributed by atoms with Crippen LogP contribution >= 0.6 is 15.9 Å². The van der Waals surface area contributed by atoms with Gasteiger partial charge in [0.2, 0.25) is 0 Å². The molecule has 0 saturated carbocycles. The molecule has 2 rings (SSSR count). The highest BCUT2D eigenvalue weighted by atomic mass is 79.9. The van der Waals surface area contributed by atoms with Crippen LogP contribution in [0, 0.1) is 0 Å². The van der Waals surface area contributed by atoms with E-state index in [-0.39, 0.29) is 5.91 Å². The van der Waals surface area contributed by atoms with Crippen molar-refractivity contribution in [1.29, 1.82) is 0 Å². The molecule has 1 saturated heterocycles. The van der Waals surface area contributed by atoms with Crippen molar-refractivity contribution in [2.75, 3.05) is 19.6 Å². The second-order valence-electron chi connectivity index (χ2n) is 5.39. The Kier molecular flexibility index (Phi) is 6.89. The summed E-state index contributed by atoms with van der Waals surface area (Å²) in [6.07, 6.45) is 7.93. The zero-order chi connectivity index (χ0) is 14.9. The zero-order valence-corrected chi connectivity index (χ0v) is 13.8. The molecule has 1 heterocycles. The lowest BCUT2D eigenvalue weighted by atomic mass is 10.1. The third-order valence-corrected chi connectivity index (χ3v) is 4.12. The van der Waals surface area contributed by atoms with Crippen molar-refractivity contribution in [1.82, 2.24) is 10.3 Å². The molecule has 0 unspecified atom stereocenters. The summed E-state index contributed by atoms with van der Waals surface area (Å²) in [5.74, 6) is -0.0380. The van der Waals surface area contributed by atoms with E-state index in [1.807, 2.05) is 24.3 Å². The zero-order valence-electron chi connectivity index (χ0n) is 12.2. The first-order chi connectivity index (χ1) is 10.2.